The molecule has 0 aliphatic heterocycles. The highest BCUT2D eigenvalue weighted by molar-refractivity contribution is 7.89. The quantitative estimate of drug-likeness (QED) is 0.590. The molecule has 136 valence electrons. The van der Waals surface area contributed by atoms with E-state index in [2.05, 4.69) is 27.5 Å². The van der Waals surface area contributed by atoms with Crippen LogP contribution in [0.1, 0.15) is 31.2 Å². The standard InChI is InChI=1S/C17H25N5O2S/c1-3-4-10-19-16-12-17(22-13(2)21-16)20-11-9-14-5-7-15(8-6-14)25(18,23)24/h5-8,12H,3-4,9-11H2,1-2H3,(H2,18,23,24)(H2,19,20,21,22). The van der Waals surface area contributed by atoms with Gasteiger partial charge in [-0.25, -0.2) is 23.5 Å². The number of rotatable bonds is 9. The molecule has 1 aromatic heterocycles. The zero-order valence-corrected chi connectivity index (χ0v) is 15.4. The lowest BCUT2D eigenvalue weighted by Crippen LogP contribution is -2.12. The Bertz CT molecular complexity index is 791. The predicted octanol–water partition coefficient (Wildman–Crippen LogP) is 2.30. The Morgan fingerprint density at radius 1 is 1.04 bits per heavy atom. The van der Waals surface area contributed by atoms with Crippen molar-refractivity contribution in [1.29, 1.82) is 0 Å². The number of sulfonamides is 1. The van der Waals surface area contributed by atoms with Gasteiger partial charge in [-0.1, -0.05) is 25.5 Å². The summed E-state index contributed by atoms with van der Waals surface area (Å²) < 4.78 is 22.5. The molecular formula is C17H25N5O2S. The number of hydrogen-bond acceptors (Lipinski definition) is 6. The molecule has 0 bridgehead atoms. The maximum absolute atomic E-state index is 11.2. The second kappa shape index (κ2) is 8.77. The normalized spacial score (nSPS) is 11.3. The van der Waals surface area contributed by atoms with E-state index in [1.54, 1.807) is 12.1 Å². The minimum absolute atomic E-state index is 0.124. The van der Waals surface area contributed by atoms with Gasteiger partial charge in [0.15, 0.2) is 0 Å². The summed E-state index contributed by atoms with van der Waals surface area (Å²) in [6, 6.07) is 8.48. The molecule has 0 aliphatic rings. The molecule has 2 rings (SSSR count). The number of aryl methyl sites for hydroxylation is 1. The van der Waals surface area contributed by atoms with Gasteiger partial charge in [0, 0.05) is 19.2 Å². The van der Waals surface area contributed by atoms with E-state index in [9.17, 15) is 8.42 Å². The van der Waals surface area contributed by atoms with Crippen molar-refractivity contribution in [3.05, 3.63) is 41.7 Å². The van der Waals surface area contributed by atoms with Crippen LogP contribution in [-0.4, -0.2) is 31.5 Å². The number of unbranched alkanes of at least 4 members (excludes halogenated alkanes) is 1. The van der Waals surface area contributed by atoms with Crippen LogP contribution in [-0.2, 0) is 16.4 Å². The second-order valence-corrected chi connectivity index (χ2v) is 7.39. The zero-order chi connectivity index (χ0) is 18.3. The summed E-state index contributed by atoms with van der Waals surface area (Å²) in [5.74, 6) is 2.30. The fourth-order valence-corrected chi connectivity index (χ4v) is 2.84. The number of nitrogens with one attached hydrogen (secondary N) is 2. The topological polar surface area (TPSA) is 110 Å². The number of nitrogens with two attached hydrogens (primary N) is 1. The zero-order valence-electron chi connectivity index (χ0n) is 14.6. The molecule has 4 N–H and O–H groups in total. The summed E-state index contributed by atoms with van der Waals surface area (Å²) >= 11 is 0. The number of aromatic nitrogens is 2. The highest BCUT2D eigenvalue weighted by Gasteiger charge is 2.07. The fourth-order valence-electron chi connectivity index (χ4n) is 2.32. The van der Waals surface area contributed by atoms with Crippen LogP contribution in [0.5, 0.6) is 0 Å². The Morgan fingerprint density at radius 3 is 2.20 bits per heavy atom. The summed E-state index contributed by atoms with van der Waals surface area (Å²) in [6.45, 7) is 5.58. The van der Waals surface area contributed by atoms with E-state index in [1.807, 2.05) is 13.0 Å². The lowest BCUT2D eigenvalue weighted by molar-refractivity contribution is 0.598. The average molecular weight is 363 g/mol. The van der Waals surface area contributed by atoms with Crippen LogP contribution >= 0.6 is 0 Å². The monoisotopic (exact) mass is 363 g/mol. The third-order valence-electron chi connectivity index (χ3n) is 3.65. The van der Waals surface area contributed by atoms with Gasteiger partial charge >= 0.3 is 0 Å². The lowest BCUT2D eigenvalue weighted by Gasteiger charge is -2.10. The highest BCUT2D eigenvalue weighted by Crippen LogP contribution is 2.13. The van der Waals surface area contributed by atoms with Crippen molar-refractivity contribution in [2.75, 3.05) is 23.7 Å². The molecule has 1 aromatic carbocycles. The maximum Gasteiger partial charge on any atom is 0.238 e. The number of benzene rings is 1. The van der Waals surface area contributed by atoms with Gasteiger partial charge in [0.05, 0.1) is 4.90 Å². The van der Waals surface area contributed by atoms with Crippen LogP contribution in [0.3, 0.4) is 0 Å². The first-order chi connectivity index (χ1) is 11.9. The molecule has 0 radical (unpaired) electrons. The van der Waals surface area contributed by atoms with Crippen LogP contribution in [0.4, 0.5) is 11.6 Å². The van der Waals surface area contributed by atoms with Gasteiger partial charge in [0.1, 0.15) is 17.5 Å². The molecule has 0 atom stereocenters. The van der Waals surface area contributed by atoms with Crippen molar-refractivity contribution >= 4 is 21.7 Å². The van der Waals surface area contributed by atoms with Gasteiger partial charge in [0.2, 0.25) is 10.0 Å². The largest absolute Gasteiger partial charge is 0.370 e. The molecule has 1 heterocycles. The summed E-state index contributed by atoms with van der Waals surface area (Å²) in [4.78, 5) is 8.88. The highest BCUT2D eigenvalue weighted by atomic mass is 32.2. The van der Waals surface area contributed by atoms with Gasteiger partial charge in [-0.15, -0.1) is 0 Å². The minimum Gasteiger partial charge on any atom is -0.370 e. The summed E-state index contributed by atoms with van der Waals surface area (Å²) in [6.07, 6.45) is 2.97. The van der Waals surface area contributed by atoms with Crippen molar-refractivity contribution in [3.8, 4) is 0 Å². The first kappa shape index (κ1) is 19.1. The van der Waals surface area contributed by atoms with Crippen molar-refractivity contribution in [2.24, 2.45) is 5.14 Å². The summed E-state index contributed by atoms with van der Waals surface area (Å²) in [5.41, 5.74) is 1.02. The van der Waals surface area contributed by atoms with Crippen LogP contribution in [0, 0.1) is 6.92 Å². The summed E-state index contributed by atoms with van der Waals surface area (Å²) in [7, 11) is -3.64. The van der Waals surface area contributed by atoms with Gasteiger partial charge < -0.3 is 10.6 Å². The van der Waals surface area contributed by atoms with E-state index in [4.69, 9.17) is 5.14 Å². The lowest BCUT2D eigenvalue weighted by atomic mass is 10.1. The van der Waals surface area contributed by atoms with Crippen LogP contribution in [0.15, 0.2) is 35.2 Å². The minimum atomic E-state index is -3.64. The molecule has 2 aromatic rings. The molecule has 7 nitrogen and oxygen atoms in total. The molecule has 25 heavy (non-hydrogen) atoms. The first-order valence-corrected chi connectivity index (χ1v) is 9.88. The molecule has 0 amide bonds. The third kappa shape index (κ3) is 6.32. The SMILES string of the molecule is CCCCNc1cc(NCCc2ccc(S(N)(=O)=O)cc2)nc(C)n1. The Labute approximate surface area is 149 Å². The van der Waals surface area contributed by atoms with Gasteiger partial charge in [0.25, 0.3) is 0 Å². The van der Waals surface area contributed by atoms with Crippen LogP contribution in [0.2, 0.25) is 0 Å². The Kier molecular flexibility index (Phi) is 6.72. The van der Waals surface area contributed by atoms with Gasteiger partial charge in [-0.3, -0.25) is 0 Å². The summed E-state index contributed by atoms with van der Waals surface area (Å²) in [5, 5.41) is 11.7. The Hall–Kier alpha value is -2.19. The van der Waals surface area contributed by atoms with Gasteiger partial charge in [-0.05, 0) is 37.5 Å². The number of primary sulfonamides is 1. The predicted molar refractivity (Wildman–Crippen MR) is 100 cm³/mol. The van der Waals surface area contributed by atoms with E-state index in [-0.39, 0.29) is 4.90 Å². The molecule has 0 saturated carbocycles. The maximum atomic E-state index is 11.2. The molecule has 0 aliphatic carbocycles. The molecule has 0 unspecified atom stereocenters. The van der Waals surface area contributed by atoms with Crippen molar-refractivity contribution in [1.82, 2.24) is 9.97 Å². The van der Waals surface area contributed by atoms with E-state index in [0.29, 0.717) is 12.4 Å². The van der Waals surface area contributed by atoms with E-state index in [1.165, 1.54) is 12.1 Å². The average Bonchev–Trinajstić information content (AvgIpc) is 2.54. The van der Waals surface area contributed by atoms with Crippen LogP contribution < -0.4 is 15.8 Å². The van der Waals surface area contributed by atoms with Crippen molar-refractivity contribution < 1.29 is 8.42 Å². The third-order valence-corrected chi connectivity index (χ3v) is 4.58. The van der Waals surface area contributed by atoms with E-state index in [0.717, 1.165) is 43.0 Å². The molecule has 0 spiro atoms. The van der Waals surface area contributed by atoms with E-state index >= 15 is 0 Å². The Morgan fingerprint density at radius 2 is 1.64 bits per heavy atom. The number of hydrogen-bond donors (Lipinski definition) is 3. The Balaban J connectivity index is 1.90. The fraction of sp³-hybridized carbons (Fsp3) is 0.412. The molecular weight excluding hydrogens is 338 g/mol. The van der Waals surface area contributed by atoms with Crippen LogP contribution in [0.25, 0.3) is 0 Å². The van der Waals surface area contributed by atoms with Gasteiger partial charge in [-0.2, -0.15) is 0 Å². The van der Waals surface area contributed by atoms with Crippen molar-refractivity contribution in [3.63, 3.8) is 0 Å². The van der Waals surface area contributed by atoms with E-state index < -0.39 is 10.0 Å². The van der Waals surface area contributed by atoms with Crippen molar-refractivity contribution in [2.45, 2.75) is 38.0 Å². The molecule has 8 heteroatoms. The molecule has 0 saturated heterocycles. The second-order valence-electron chi connectivity index (χ2n) is 5.83. The smallest absolute Gasteiger partial charge is 0.238 e. The number of anilines is 2. The first-order valence-electron chi connectivity index (χ1n) is 8.33. The molecule has 0 fully saturated rings. The number of nitrogens with zero attached hydrogens (tertiary/aromatic N) is 2.